The molecule has 0 spiro atoms. The monoisotopic (exact) mass is 515 g/mol. The Morgan fingerprint density at radius 2 is 1.74 bits per heavy atom. The van der Waals surface area contributed by atoms with E-state index in [4.69, 9.17) is 9.47 Å². The molecule has 0 unspecified atom stereocenters. The number of carbonyl (C=O) groups excluding carboxylic acids is 2. The van der Waals surface area contributed by atoms with Crippen LogP contribution < -0.4 is 15.4 Å². The zero-order valence-corrected chi connectivity index (χ0v) is 22.1. The highest BCUT2D eigenvalue weighted by Gasteiger charge is 2.21. The van der Waals surface area contributed by atoms with Crippen LogP contribution >= 0.6 is 0 Å². The third-order valence-electron chi connectivity index (χ3n) is 6.63. The molecule has 0 saturated heterocycles. The van der Waals surface area contributed by atoms with Gasteiger partial charge >= 0.3 is 0 Å². The van der Waals surface area contributed by atoms with Crippen molar-refractivity contribution in [1.29, 1.82) is 0 Å². The van der Waals surface area contributed by atoms with Crippen molar-refractivity contribution in [2.24, 2.45) is 0 Å². The smallest absolute Gasteiger partial charge is 0.252 e. The molecular weight excluding hydrogens is 478 g/mol. The highest BCUT2D eigenvalue weighted by Crippen LogP contribution is 2.26. The number of fused-ring (bicyclic) bond motifs is 1. The van der Waals surface area contributed by atoms with Crippen LogP contribution in [0.25, 0.3) is 0 Å². The van der Waals surface area contributed by atoms with E-state index in [2.05, 4.69) is 15.5 Å². The zero-order valence-electron chi connectivity index (χ0n) is 22.1. The average molecular weight is 516 g/mol. The van der Waals surface area contributed by atoms with Gasteiger partial charge in [-0.05, 0) is 48.1 Å². The van der Waals surface area contributed by atoms with E-state index in [1.54, 1.807) is 7.11 Å². The van der Waals surface area contributed by atoms with Gasteiger partial charge in [0.1, 0.15) is 5.75 Å². The second-order valence-corrected chi connectivity index (χ2v) is 9.56. The number of nitrogens with zero attached hydrogens (tertiary/aromatic N) is 1. The first-order valence-corrected chi connectivity index (χ1v) is 13.3. The predicted molar refractivity (Wildman–Crippen MR) is 148 cm³/mol. The molecule has 0 saturated carbocycles. The van der Waals surface area contributed by atoms with Crippen molar-refractivity contribution in [3.8, 4) is 5.75 Å². The number of rotatable bonds is 7. The molecule has 2 amide bonds. The number of hydrogen-bond acceptors (Lipinski definition) is 5. The zero-order chi connectivity index (χ0) is 26.6. The molecule has 0 bridgehead atoms. The Kier molecular flexibility index (Phi) is 10.3. The van der Waals surface area contributed by atoms with Gasteiger partial charge in [-0.2, -0.15) is 0 Å². The normalized spacial score (nSPS) is 15.1. The van der Waals surface area contributed by atoms with E-state index in [1.807, 2.05) is 72.8 Å². The third kappa shape index (κ3) is 7.91. The Bertz CT molecular complexity index is 1200. The van der Waals surface area contributed by atoms with Crippen molar-refractivity contribution < 1.29 is 19.1 Å². The standard InChI is InChI=1S/C31H37N3O4/c1-37-23-26-14-7-6-13-25(26)19-33-31(36)27-15-10-16-29-28(27)21-34(20-24-11-4-2-5-12-24)22-30(35)32-17-8-3-9-18-38-29/h2,4-7,10-16H,3,8-9,17-23H2,1H3,(H,32,35)(H,33,36). The molecule has 1 aliphatic rings. The van der Waals surface area contributed by atoms with Crippen molar-refractivity contribution >= 4 is 11.8 Å². The summed E-state index contributed by atoms with van der Waals surface area (Å²) in [5.74, 6) is 0.501. The number of hydrogen-bond donors (Lipinski definition) is 2. The van der Waals surface area contributed by atoms with Crippen molar-refractivity contribution in [2.75, 3.05) is 26.8 Å². The van der Waals surface area contributed by atoms with Crippen LogP contribution in [0.1, 0.15) is 51.9 Å². The van der Waals surface area contributed by atoms with Gasteiger partial charge in [0.15, 0.2) is 0 Å². The predicted octanol–water partition coefficient (Wildman–Crippen LogP) is 4.44. The molecule has 1 aliphatic heterocycles. The fourth-order valence-corrected chi connectivity index (χ4v) is 4.68. The lowest BCUT2D eigenvalue weighted by Crippen LogP contribution is -2.37. The molecule has 7 heteroatoms. The molecule has 3 aromatic rings. The summed E-state index contributed by atoms with van der Waals surface area (Å²) in [6.07, 6.45) is 2.76. The summed E-state index contributed by atoms with van der Waals surface area (Å²) in [7, 11) is 1.66. The molecule has 38 heavy (non-hydrogen) atoms. The number of ether oxygens (including phenoxy) is 2. The maximum atomic E-state index is 13.5. The number of methoxy groups -OCH3 is 1. The van der Waals surface area contributed by atoms with E-state index in [1.165, 1.54) is 0 Å². The summed E-state index contributed by atoms with van der Waals surface area (Å²) in [6, 6.07) is 23.6. The van der Waals surface area contributed by atoms with Gasteiger partial charge in [0.25, 0.3) is 5.91 Å². The maximum absolute atomic E-state index is 13.5. The van der Waals surface area contributed by atoms with Gasteiger partial charge < -0.3 is 20.1 Å². The third-order valence-corrected chi connectivity index (χ3v) is 6.63. The number of carbonyl (C=O) groups is 2. The minimum atomic E-state index is -0.175. The van der Waals surface area contributed by atoms with E-state index in [-0.39, 0.29) is 18.4 Å². The van der Waals surface area contributed by atoms with Crippen LogP contribution in [-0.2, 0) is 35.8 Å². The van der Waals surface area contributed by atoms with E-state index in [9.17, 15) is 9.59 Å². The fourth-order valence-electron chi connectivity index (χ4n) is 4.68. The van der Waals surface area contributed by atoms with Crippen molar-refractivity contribution in [3.63, 3.8) is 0 Å². The average Bonchev–Trinajstić information content (AvgIpc) is 2.94. The van der Waals surface area contributed by atoms with Gasteiger partial charge in [-0.25, -0.2) is 0 Å². The number of amides is 2. The van der Waals surface area contributed by atoms with Gasteiger partial charge in [-0.1, -0.05) is 60.7 Å². The lowest BCUT2D eigenvalue weighted by molar-refractivity contribution is -0.122. The lowest BCUT2D eigenvalue weighted by atomic mass is 10.0. The lowest BCUT2D eigenvalue weighted by Gasteiger charge is -2.25. The van der Waals surface area contributed by atoms with Crippen LogP contribution in [0.2, 0.25) is 0 Å². The van der Waals surface area contributed by atoms with Crippen molar-refractivity contribution in [2.45, 2.75) is 45.5 Å². The van der Waals surface area contributed by atoms with Gasteiger partial charge in [0.2, 0.25) is 5.91 Å². The van der Waals surface area contributed by atoms with Gasteiger partial charge in [0, 0.05) is 44.4 Å². The summed E-state index contributed by atoms with van der Waals surface area (Å²) >= 11 is 0. The first-order chi connectivity index (χ1) is 18.6. The van der Waals surface area contributed by atoms with Gasteiger partial charge in [-0.15, -0.1) is 0 Å². The number of benzene rings is 3. The highest BCUT2D eigenvalue weighted by molar-refractivity contribution is 5.96. The van der Waals surface area contributed by atoms with Crippen LogP contribution in [0, 0.1) is 0 Å². The first-order valence-electron chi connectivity index (χ1n) is 13.3. The molecule has 1 heterocycles. The van der Waals surface area contributed by atoms with E-state index >= 15 is 0 Å². The Balaban J connectivity index is 1.61. The van der Waals surface area contributed by atoms with Gasteiger partial charge in [-0.3, -0.25) is 14.5 Å². The highest BCUT2D eigenvalue weighted by atomic mass is 16.5. The number of nitrogens with one attached hydrogen (secondary N) is 2. The maximum Gasteiger partial charge on any atom is 0.252 e. The van der Waals surface area contributed by atoms with Crippen molar-refractivity contribution in [1.82, 2.24) is 15.5 Å². The van der Waals surface area contributed by atoms with E-state index in [0.717, 1.165) is 41.5 Å². The molecule has 2 N–H and O–H groups in total. The Morgan fingerprint density at radius 3 is 2.55 bits per heavy atom. The molecular formula is C31H37N3O4. The Morgan fingerprint density at radius 1 is 0.947 bits per heavy atom. The van der Waals surface area contributed by atoms with Crippen LogP contribution in [0.15, 0.2) is 72.8 Å². The van der Waals surface area contributed by atoms with E-state index in [0.29, 0.717) is 50.7 Å². The second-order valence-electron chi connectivity index (χ2n) is 9.56. The van der Waals surface area contributed by atoms with E-state index < -0.39 is 0 Å². The van der Waals surface area contributed by atoms with Crippen LogP contribution in [0.5, 0.6) is 5.75 Å². The molecule has 0 fully saturated rings. The van der Waals surface area contributed by atoms with Gasteiger partial charge in [0.05, 0.1) is 19.8 Å². The molecule has 7 nitrogen and oxygen atoms in total. The fraction of sp³-hybridized carbons (Fsp3) is 0.355. The molecule has 0 aromatic heterocycles. The summed E-state index contributed by atoms with van der Waals surface area (Å²) in [5, 5.41) is 6.13. The molecule has 0 atom stereocenters. The Hall–Kier alpha value is -3.68. The largest absolute Gasteiger partial charge is 0.493 e. The SMILES string of the molecule is COCc1ccccc1CNC(=O)c1cccc2c1CN(Cc1ccccc1)CC(=O)NCCCCCO2. The first kappa shape index (κ1) is 27.4. The van der Waals surface area contributed by atoms with Crippen LogP contribution in [0.4, 0.5) is 0 Å². The topological polar surface area (TPSA) is 79.9 Å². The van der Waals surface area contributed by atoms with Crippen molar-refractivity contribution in [3.05, 3.63) is 101 Å². The summed E-state index contributed by atoms with van der Waals surface area (Å²) in [4.78, 5) is 28.4. The quantitative estimate of drug-likeness (QED) is 0.486. The summed E-state index contributed by atoms with van der Waals surface area (Å²) < 4.78 is 11.5. The second kappa shape index (κ2) is 14.3. The molecule has 0 radical (unpaired) electrons. The minimum absolute atomic E-state index is 0.0145. The minimum Gasteiger partial charge on any atom is -0.493 e. The molecule has 200 valence electrons. The molecule has 0 aliphatic carbocycles. The van der Waals surface area contributed by atoms with Crippen LogP contribution in [0.3, 0.4) is 0 Å². The Labute approximate surface area is 225 Å². The summed E-state index contributed by atoms with van der Waals surface area (Å²) in [6.45, 7) is 3.30. The summed E-state index contributed by atoms with van der Waals surface area (Å²) in [5.41, 5.74) is 4.50. The molecule has 4 rings (SSSR count). The molecule has 3 aromatic carbocycles. The van der Waals surface area contributed by atoms with Crippen LogP contribution in [-0.4, -0.2) is 43.5 Å².